The van der Waals surface area contributed by atoms with Gasteiger partial charge < -0.3 is 15.5 Å². The largest absolute Gasteiger partial charge is 0.346 e. The first-order valence-corrected chi connectivity index (χ1v) is 6.70. The normalized spacial score (nSPS) is 17.2. The van der Waals surface area contributed by atoms with Crippen molar-refractivity contribution in [1.29, 1.82) is 0 Å². The number of nitrogens with zero attached hydrogens (tertiary/aromatic N) is 2. The fraction of sp³-hybridized carbons (Fsp3) is 0.923. The number of carbonyl (C=O) groups excluding carboxylic acids is 1. The highest BCUT2D eigenvalue weighted by atomic mass is 16.2. The minimum atomic E-state index is 0.230. The van der Waals surface area contributed by atoms with Crippen LogP contribution in [-0.2, 0) is 4.79 Å². The Hall–Kier alpha value is -0.610. The third-order valence-electron chi connectivity index (χ3n) is 3.80. The summed E-state index contributed by atoms with van der Waals surface area (Å²) >= 11 is 0. The van der Waals surface area contributed by atoms with Gasteiger partial charge in [-0.3, -0.25) is 4.79 Å². The maximum Gasteiger partial charge on any atom is 0.223 e. The van der Waals surface area contributed by atoms with E-state index in [-0.39, 0.29) is 5.91 Å². The molecule has 0 heterocycles. The van der Waals surface area contributed by atoms with Crippen molar-refractivity contribution >= 4 is 5.91 Å². The van der Waals surface area contributed by atoms with Crippen LogP contribution in [0.25, 0.3) is 0 Å². The summed E-state index contributed by atoms with van der Waals surface area (Å²) in [7, 11) is 3.98. The highest BCUT2D eigenvalue weighted by Gasteiger charge is 2.30. The van der Waals surface area contributed by atoms with E-state index in [1.165, 1.54) is 12.8 Å². The Morgan fingerprint density at radius 3 is 2.53 bits per heavy atom. The topological polar surface area (TPSA) is 49.6 Å². The van der Waals surface area contributed by atoms with Crippen molar-refractivity contribution in [2.75, 3.05) is 33.7 Å². The van der Waals surface area contributed by atoms with Gasteiger partial charge in [0.1, 0.15) is 0 Å². The zero-order chi connectivity index (χ0) is 12.8. The van der Waals surface area contributed by atoms with Crippen LogP contribution in [0.2, 0.25) is 0 Å². The van der Waals surface area contributed by atoms with Gasteiger partial charge in [0.05, 0.1) is 0 Å². The van der Waals surface area contributed by atoms with Crippen LogP contribution in [0.4, 0.5) is 0 Å². The van der Waals surface area contributed by atoms with Gasteiger partial charge in [0.25, 0.3) is 0 Å². The molecule has 0 aliphatic heterocycles. The fourth-order valence-electron chi connectivity index (χ4n) is 2.06. The SMILES string of the molecule is CC(C1CC1)N(C)CCC(=O)N(C)CCCN. The van der Waals surface area contributed by atoms with Crippen molar-refractivity contribution in [3.05, 3.63) is 0 Å². The molecule has 1 atom stereocenters. The zero-order valence-corrected chi connectivity index (χ0v) is 11.5. The minimum absolute atomic E-state index is 0.230. The Balaban J connectivity index is 2.17. The third-order valence-corrected chi connectivity index (χ3v) is 3.80. The van der Waals surface area contributed by atoms with Gasteiger partial charge in [0, 0.05) is 32.6 Å². The number of carbonyl (C=O) groups is 1. The molecule has 4 heteroatoms. The highest BCUT2D eigenvalue weighted by molar-refractivity contribution is 5.76. The number of nitrogens with two attached hydrogens (primary N) is 1. The lowest BCUT2D eigenvalue weighted by Gasteiger charge is -2.25. The second-order valence-corrected chi connectivity index (χ2v) is 5.27. The minimum Gasteiger partial charge on any atom is -0.346 e. The number of hydrogen-bond donors (Lipinski definition) is 1. The fourth-order valence-corrected chi connectivity index (χ4v) is 2.06. The highest BCUT2D eigenvalue weighted by Crippen LogP contribution is 2.34. The number of amides is 1. The van der Waals surface area contributed by atoms with Gasteiger partial charge in [0.2, 0.25) is 5.91 Å². The van der Waals surface area contributed by atoms with Crippen LogP contribution >= 0.6 is 0 Å². The van der Waals surface area contributed by atoms with Gasteiger partial charge in [0.15, 0.2) is 0 Å². The molecule has 1 rings (SSSR count). The first-order valence-electron chi connectivity index (χ1n) is 6.70. The molecule has 0 aromatic rings. The summed E-state index contributed by atoms with van der Waals surface area (Å²) in [4.78, 5) is 15.9. The summed E-state index contributed by atoms with van der Waals surface area (Å²) in [5.41, 5.74) is 5.43. The molecule has 0 saturated heterocycles. The van der Waals surface area contributed by atoms with Crippen LogP contribution in [0.1, 0.15) is 32.6 Å². The lowest BCUT2D eigenvalue weighted by Crippen LogP contribution is -2.36. The Bertz CT molecular complexity index is 241. The molecule has 0 aromatic carbocycles. The van der Waals surface area contributed by atoms with Crippen LogP contribution in [0.15, 0.2) is 0 Å². The molecule has 1 aliphatic rings. The van der Waals surface area contributed by atoms with Crippen LogP contribution in [0, 0.1) is 5.92 Å². The molecule has 1 amide bonds. The van der Waals surface area contributed by atoms with Crippen molar-refractivity contribution in [3.63, 3.8) is 0 Å². The molecule has 100 valence electrons. The van der Waals surface area contributed by atoms with E-state index < -0.39 is 0 Å². The zero-order valence-electron chi connectivity index (χ0n) is 11.5. The summed E-state index contributed by atoms with van der Waals surface area (Å²) in [6, 6.07) is 0.622. The molecule has 0 spiro atoms. The molecular weight excluding hydrogens is 214 g/mol. The van der Waals surface area contributed by atoms with Crippen LogP contribution in [0.5, 0.6) is 0 Å². The van der Waals surface area contributed by atoms with Gasteiger partial charge in [-0.05, 0) is 45.7 Å². The number of rotatable bonds is 8. The van der Waals surface area contributed by atoms with E-state index in [2.05, 4.69) is 18.9 Å². The van der Waals surface area contributed by atoms with Gasteiger partial charge in [-0.1, -0.05) is 0 Å². The van der Waals surface area contributed by atoms with E-state index in [0.29, 0.717) is 19.0 Å². The molecule has 1 aliphatic carbocycles. The first-order chi connectivity index (χ1) is 8.06. The lowest BCUT2D eigenvalue weighted by atomic mass is 10.2. The maximum atomic E-state index is 11.8. The van der Waals surface area contributed by atoms with Gasteiger partial charge in [-0.25, -0.2) is 0 Å². The maximum absolute atomic E-state index is 11.8. The smallest absolute Gasteiger partial charge is 0.223 e. The summed E-state index contributed by atoms with van der Waals surface area (Å²) in [5, 5.41) is 0. The summed E-state index contributed by atoms with van der Waals surface area (Å²) in [5.74, 6) is 1.10. The molecule has 0 bridgehead atoms. The van der Waals surface area contributed by atoms with E-state index in [1.54, 1.807) is 4.90 Å². The number of hydrogen-bond acceptors (Lipinski definition) is 3. The summed E-state index contributed by atoms with van der Waals surface area (Å²) < 4.78 is 0. The quantitative estimate of drug-likeness (QED) is 0.687. The van der Waals surface area contributed by atoms with Crippen LogP contribution in [-0.4, -0.2) is 55.5 Å². The average molecular weight is 241 g/mol. The van der Waals surface area contributed by atoms with E-state index in [4.69, 9.17) is 5.73 Å². The molecule has 17 heavy (non-hydrogen) atoms. The van der Waals surface area contributed by atoms with Crippen molar-refractivity contribution < 1.29 is 4.79 Å². The second-order valence-electron chi connectivity index (χ2n) is 5.27. The molecule has 4 nitrogen and oxygen atoms in total. The average Bonchev–Trinajstić information content (AvgIpc) is 3.15. The standard InChI is InChI=1S/C13H27N3O/c1-11(12-5-6-12)15(2)10-7-13(17)16(3)9-4-8-14/h11-12H,4-10,14H2,1-3H3. The van der Waals surface area contributed by atoms with Gasteiger partial charge >= 0.3 is 0 Å². The van der Waals surface area contributed by atoms with Gasteiger partial charge in [-0.2, -0.15) is 0 Å². The monoisotopic (exact) mass is 241 g/mol. The molecule has 1 unspecified atom stereocenters. The molecule has 1 saturated carbocycles. The van der Waals surface area contributed by atoms with Crippen molar-refractivity contribution in [1.82, 2.24) is 9.80 Å². The molecule has 0 radical (unpaired) electrons. The molecule has 1 fully saturated rings. The second kappa shape index (κ2) is 6.97. The van der Waals surface area contributed by atoms with E-state index in [1.807, 2.05) is 7.05 Å². The summed E-state index contributed by atoms with van der Waals surface area (Å²) in [6.07, 6.45) is 4.22. The first kappa shape index (κ1) is 14.5. The Labute approximate surface area is 105 Å². The summed E-state index contributed by atoms with van der Waals surface area (Å²) in [6.45, 7) is 4.55. The molecule has 2 N–H and O–H groups in total. The van der Waals surface area contributed by atoms with Gasteiger partial charge in [-0.15, -0.1) is 0 Å². The van der Waals surface area contributed by atoms with E-state index in [0.717, 1.165) is 25.4 Å². The van der Waals surface area contributed by atoms with Crippen LogP contribution < -0.4 is 5.73 Å². The van der Waals surface area contributed by atoms with E-state index in [9.17, 15) is 4.79 Å². The van der Waals surface area contributed by atoms with Crippen molar-refractivity contribution in [2.24, 2.45) is 11.7 Å². The Morgan fingerprint density at radius 1 is 1.35 bits per heavy atom. The molecular formula is C13H27N3O. The van der Waals surface area contributed by atoms with Crippen molar-refractivity contribution in [3.8, 4) is 0 Å². The van der Waals surface area contributed by atoms with E-state index >= 15 is 0 Å². The Morgan fingerprint density at radius 2 is 2.00 bits per heavy atom. The predicted molar refractivity (Wildman–Crippen MR) is 70.7 cm³/mol. The predicted octanol–water partition coefficient (Wildman–Crippen LogP) is 0.914. The Kier molecular flexibility index (Phi) is 5.92. The molecule has 0 aromatic heterocycles. The lowest BCUT2D eigenvalue weighted by molar-refractivity contribution is -0.130. The van der Waals surface area contributed by atoms with Crippen molar-refractivity contribution in [2.45, 2.75) is 38.6 Å². The van der Waals surface area contributed by atoms with Crippen LogP contribution in [0.3, 0.4) is 0 Å². The third kappa shape index (κ3) is 5.04.